The van der Waals surface area contributed by atoms with Crippen LogP contribution in [0.2, 0.25) is 0 Å². The van der Waals surface area contributed by atoms with Gasteiger partial charge in [0.15, 0.2) is 0 Å². The van der Waals surface area contributed by atoms with E-state index in [9.17, 15) is 4.21 Å². The van der Waals surface area contributed by atoms with Crippen molar-refractivity contribution in [1.82, 2.24) is 9.97 Å². The SMILES string of the molecule is Cc1nc(N2CCC3(CC2)Cc2ccccc2[C@H]3CC(C)(C)S(N)=O)c(C)nc1Br. The molecule has 1 spiro atoms. The summed E-state index contributed by atoms with van der Waals surface area (Å²) in [4.78, 5) is 11.8. The molecule has 2 aromatic rings. The van der Waals surface area contributed by atoms with Gasteiger partial charge in [0.25, 0.3) is 0 Å². The minimum absolute atomic E-state index is 0.197. The predicted octanol–water partition coefficient (Wildman–Crippen LogP) is 4.57. The molecule has 0 bridgehead atoms. The first kappa shape index (κ1) is 21.9. The van der Waals surface area contributed by atoms with Crippen molar-refractivity contribution in [3.05, 3.63) is 51.4 Å². The van der Waals surface area contributed by atoms with Crippen molar-refractivity contribution in [3.63, 3.8) is 0 Å². The van der Waals surface area contributed by atoms with Crippen molar-refractivity contribution >= 4 is 32.7 Å². The summed E-state index contributed by atoms with van der Waals surface area (Å²) in [6, 6.07) is 8.81. The van der Waals surface area contributed by atoms with Gasteiger partial charge in [-0.3, -0.25) is 5.14 Å². The summed E-state index contributed by atoms with van der Waals surface area (Å²) in [6.07, 6.45) is 4.13. The van der Waals surface area contributed by atoms with Crippen molar-refractivity contribution in [1.29, 1.82) is 0 Å². The summed E-state index contributed by atoms with van der Waals surface area (Å²) in [6.45, 7) is 10.0. The van der Waals surface area contributed by atoms with E-state index in [4.69, 9.17) is 10.1 Å². The van der Waals surface area contributed by atoms with Crippen LogP contribution in [0.4, 0.5) is 5.82 Å². The monoisotopic (exact) mass is 490 g/mol. The van der Waals surface area contributed by atoms with Crippen LogP contribution in [0.1, 0.15) is 61.5 Å². The normalized spacial score (nSPS) is 21.7. The molecule has 2 heterocycles. The van der Waals surface area contributed by atoms with Crippen LogP contribution in [0.15, 0.2) is 28.9 Å². The van der Waals surface area contributed by atoms with Gasteiger partial charge in [-0.2, -0.15) is 0 Å². The van der Waals surface area contributed by atoms with Crippen LogP contribution in [0.3, 0.4) is 0 Å². The third-order valence-electron chi connectivity index (χ3n) is 7.17. The van der Waals surface area contributed by atoms with E-state index in [0.717, 1.165) is 60.6 Å². The van der Waals surface area contributed by atoms with Gasteiger partial charge in [0.1, 0.15) is 10.4 Å². The van der Waals surface area contributed by atoms with Crippen LogP contribution in [-0.4, -0.2) is 32.0 Å². The second-order valence-electron chi connectivity index (χ2n) is 9.55. The fraction of sp³-hybridized carbons (Fsp3) is 0.565. The number of nitrogens with two attached hydrogens (primary N) is 1. The van der Waals surface area contributed by atoms with Gasteiger partial charge in [-0.15, -0.1) is 0 Å². The van der Waals surface area contributed by atoms with E-state index >= 15 is 0 Å². The highest BCUT2D eigenvalue weighted by Gasteiger charge is 2.49. The first-order valence-corrected chi connectivity index (χ1v) is 12.6. The average molecular weight is 491 g/mol. The summed E-state index contributed by atoms with van der Waals surface area (Å²) in [7, 11) is -1.35. The number of hydrogen-bond donors (Lipinski definition) is 1. The summed E-state index contributed by atoms with van der Waals surface area (Å²) in [5.74, 6) is 1.39. The molecule has 0 saturated carbocycles. The van der Waals surface area contributed by atoms with Crippen molar-refractivity contribution < 1.29 is 4.21 Å². The molecule has 1 saturated heterocycles. The lowest BCUT2D eigenvalue weighted by Crippen LogP contribution is -2.45. The summed E-state index contributed by atoms with van der Waals surface area (Å²) < 4.78 is 12.6. The van der Waals surface area contributed by atoms with E-state index in [1.807, 2.05) is 27.7 Å². The van der Waals surface area contributed by atoms with Crippen LogP contribution in [-0.2, 0) is 17.4 Å². The Morgan fingerprint density at radius 1 is 1.20 bits per heavy atom. The molecule has 0 radical (unpaired) electrons. The Kier molecular flexibility index (Phi) is 5.83. The smallest absolute Gasteiger partial charge is 0.150 e. The third-order valence-corrected chi connectivity index (χ3v) is 9.18. The maximum Gasteiger partial charge on any atom is 0.150 e. The topological polar surface area (TPSA) is 72.1 Å². The molecule has 2 N–H and O–H groups in total. The molecule has 1 fully saturated rings. The number of halogens is 1. The van der Waals surface area contributed by atoms with Gasteiger partial charge in [0.2, 0.25) is 0 Å². The Morgan fingerprint density at radius 2 is 1.87 bits per heavy atom. The first-order chi connectivity index (χ1) is 14.1. The average Bonchev–Trinajstić information content (AvgIpc) is 2.98. The van der Waals surface area contributed by atoms with Gasteiger partial charge < -0.3 is 4.90 Å². The van der Waals surface area contributed by atoms with Gasteiger partial charge in [0, 0.05) is 13.1 Å². The van der Waals surface area contributed by atoms with Crippen molar-refractivity contribution in [2.45, 2.75) is 64.0 Å². The Labute approximate surface area is 190 Å². The lowest BCUT2D eigenvalue weighted by Gasteiger charge is -2.45. The first-order valence-electron chi connectivity index (χ1n) is 10.6. The van der Waals surface area contributed by atoms with E-state index in [2.05, 4.69) is 50.1 Å². The molecule has 2 aliphatic rings. The maximum atomic E-state index is 12.2. The molecule has 7 heteroatoms. The molecule has 4 rings (SSSR count). The van der Waals surface area contributed by atoms with E-state index < -0.39 is 15.7 Å². The molecule has 1 aromatic carbocycles. The van der Waals surface area contributed by atoms with Gasteiger partial charge in [0.05, 0.1) is 27.1 Å². The number of hydrogen-bond acceptors (Lipinski definition) is 4. The van der Waals surface area contributed by atoms with Gasteiger partial charge in [-0.05, 0) is 91.8 Å². The molecular weight excluding hydrogens is 460 g/mol. The van der Waals surface area contributed by atoms with Gasteiger partial charge >= 0.3 is 0 Å². The number of piperidine rings is 1. The molecule has 5 nitrogen and oxygen atoms in total. The lowest BCUT2D eigenvalue weighted by molar-refractivity contribution is 0.170. The zero-order chi connectivity index (χ0) is 21.7. The van der Waals surface area contributed by atoms with Crippen molar-refractivity contribution in [2.24, 2.45) is 10.6 Å². The molecule has 162 valence electrons. The molecule has 1 aromatic heterocycles. The van der Waals surface area contributed by atoms with Crippen LogP contribution in [0, 0.1) is 19.3 Å². The summed E-state index contributed by atoms with van der Waals surface area (Å²) in [5.41, 5.74) is 4.97. The van der Waals surface area contributed by atoms with Gasteiger partial charge in [-0.1, -0.05) is 24.3 Å². The Morgan fingerprint density at radius 3 is 2.53 bits per heavy atom. The maximum absolute atomic E-state index is 12.2. The predicted molar refractivity (Wildman–Crippen MR) is 127 cm³/mol. The zero-order valence-electron chi connectivity index (χ0n) is 18.2. The largest absolute Gasteiger partial charge is 0.355 e. The highest BCUT2D eigenvalue weighted by atomic mass is 79.9. The molecule has 0 amide bonds. The van der Waals surface area contributed by atoms with Crippen molar-refractivity contribution in [3.8, 4) is 0 Å². The second kappa shape index (κ2) is 7.99. The summed E-state index contributed by atoms with van der Waals surface area (Å²) >= 11 is 3.49. The second-order valence-corrected chi connectivity index (χ2v) is 12.0. The van der Waals surface area contributed by atoms with E-state index in [-0.39, 0.29) is 5.41 Å². The van der Waals surface area contributed by atoms with Crippen LogP contribution >= 0.6 is 15.9 Å². The zero-order valence-corrected chi connectivity index (χ0v) is 20.6. The van der Waals surface area contributed by atoms with E-state index in [1.54, 1.807) is 0 Å². The lowest BCUT2D eigenvalue weighted by atomic mass is 9.66. The molecule has 1 unspecified atom stereocenters. The summed E-state index contributed by atoms with van der Waals surface area (Å²) in [5, 5.41) is 5.87. The van der Waals surface area contributed by atoms with Crippen LogP contribution < -0.4 is 10.0 Å². The molecule has 1 aliphatic heterocycles. The van der Waals surface area contributed by atoms with Gasteiger partial charge in [-0.25, -0.2) is 14.2 Å². The number of aromatic nitrogens is 2. The molecular formula is C23H31BrN4OS. The standard InChI is InChI=1S/C23H31BrN4OS/c1-15-20(24)26-16(2)21(27-15)28-11-9-23(10-12-28)13-17-7-5-6-8-18(17)19(23)14-22(3,4)30(25)29/h5-8,19H,9-14,25H2,1-4H3/t19-,30?/m1/s1. The minimum Gasteiger partial charge on any atom is -0.355 e. The number of anilines is 1. The Balaban J connectivity index is 1.61. The van der Waals surface area contributed by atoms with E-state index in [1.165, 1.54) is 11.1 Å². The van der Waals surface area contributed by atoms with Crippen LogP contribution in [0.25, 0.3) is 0 Å². The number of nitrogens with zero attached hydrogens (tertiary/aromatic N) is 3. The Bertz CT molecular complexity index is 985. The number of aryl methyl sites for hydroxylation is 2. The van der Waals surface area contributed by atoms with Crippen LogP contribution in [0.5, 0.6) is 0 Å². The molecule has 2 atom stereocenters. The Hall–Kier alpha value is -1.31. The number of benzene rings is 1. The number of rotatable bonds is 4. The third kappa shape index (κ3) is 3.84. The fourth-order valence-corrected chi connectivity index (χ4v) is 6.01. The quantitative estimate of drug-likeness (QED) is 0.680. The highest BCUT2D eigenvalue weighted by molar-refractivity contribution is 9.10. The van der Waals surface area contributed by atoms with E-state index in [0.29, 0.717) is 5.92 Å². The molecule has 1 aliphatic carbocycles. The highest BCUT2D eigenvalue weighted by Crippen LogP contribution is 2.56. The van der Waals surface area contributed by atoms with Crippen molar-refractivity contribution in [2.75, 3.05) is 18.0 Å². The minimum atomic E-state index is -1.35. The fourth-order valence-electron chi connectivity index (χ4n) is 5.32. The molecule has 30 heavy (non-hydrogen) atoms. The number of fused-ring (bicyclic) bond motifs is 1.